The lowest BCUT2D eigenvalue weighted by molar-refractivity contribution is 0.294. The highest BCUT2D eigenvalue weighted by Gasteiger charge is 2.31. The molecular formula is C14H23N3. The molecule has 1 saturated carbocycles. The van der Waals surface area contributed by atoms with E-state index >= 15 is 0 Å². The van der Waals surface area contributed by atoms with Crippen LogP contribution in [0.2, 0.25) is 0 Å². The summed E-state index contributed by atoms with van der Waals surface area (Å²) in [6, 6.07) is 2.10. The molecule has 0 spiro atoms. The Kier molecular flexibility index (Phi) is 3.21. The van der Waals surface area contributed by atoms with Crippen LogP contribution in [-0.2, 0) is 11.0 Å². The quantitative estimate of drug-likeness (QED) is 0.811. The zero-order valence-corrected chi connectivity index (χ0v) is 11.2. The molecule has 0 amide bonds. The second-order valence-corrected chi connectivity index (χ2v) is 6.26. The van der Waals surface area contributed by atoms with E-state index in [-0.39, 0.29) is 11.0 Å². The summed E-state index contributed by atoms with van der Waals surface area (Å²) in [6.45, 7) is 6.51. The number of nitrogens with zero attached hydrogens (tertiary/aromatic N) is 2. The van der Waals surface area contributed by atoms with Crippen molar-refractivity contribution in [2.45, 2.75) is 63.8 Å². The molecule has 2 N–H and O–H groups in total. The normalized spacial score (nSPS) is 20.2. The van der Waals surface area contributed by atoms with E-state index in [2.05, 4.69) is 36.8 Å². The molecule has 1 aromatic rings. The van der Waals surface area contributed by atoms with Crippen LogP contribution in [-0.4, -0.2) is 9.97 Å². The molecule has 17 heavy (non-hydrogen) atoms. The van der Waals surface area contributed by atoms with Crippen LogP contribution in [0.3, 0.4) is 0 Å². The van der Waals surface area contributed by atoms with Crippen LogP contribution in [0.4, 0.5) is 0 Å². The van der Waals surface area contributed by atoms with Crippen LogP contribution in [0.1, 0.15) is 64.3 Å². The number of rotatable bonds is 1. The van der Waals surface area contributed by atoms with E-state index in [1.165, 1.54) is 19.3 Å². The van der Waals surface area contributed by atoms with Crippen LogP contribution in [0.25, 0.3) is 0 Å². The highest BCUT2D eigenvalue weighted by molar-refractivity contribution is 5.22. The first-order chi connectivity index (χ1) is 7.92. The fraction of sp³-hybridized carbons (Fsp3) is 0.714. The Labute approximate surface area is 104 Å². The highest BCUT2D eigenvalue weighted by atomic mass is 14.9. The van der Waals surface area contributed by atoms with Gasteiger partial charge in [-0.05, 0) is 18.9 Å². The standard InChI is InChI=1S/C14H23N3/c1-13(2,3)11-9-12(17-10-16-11)14(15)7-5-4-6-8-14/h9-10H,4-8,15H2,1-3H3. The predicted molar refractivity (Wildman–Crippen MR) is 69.7 cm³/mol. The summed E-state index contributed by atoms with van der Waals surface area (Å²) in [4.78, 5) is 8.78. The van der Waals surface area contributed by atoms with Crippen LogP contribution < -0.4 is 5.73 Å². The summed E-state index contributed by atoms with van der Waals surface area (Å²) >= 11 is 0. The number of hydrogen-bond donors (Lipinski definition) is 1. The molecule has 0 aliphatic heterocycles. The summed E-state index contributed by atoms with van der Waals surface area (Å²) < 4.78 is 0. The number of aromatic nitrogens is 2. The number of nitrogens with two attached hydrogens (primary N) is 1. The summed E-state index contributed by atoms with van der Waals surface area (Å²) in [7, 11) is 0. The predicted octanol–water partition coefficient (Wildman–Crippen LogP) is 2.89. The average molecular weight is 233 g/mol. The van der Waals surface area contributed by atoms with E-state index in [1.807, 2.05) is 0 Å². The second-order valence-electron chi connectivity index (χ2n) is 6.26. The lowest BCUT2D eigenvalue weighted by atomic mass is 9.79. The first kappa shape index (κ1) is 12.5. The van der Waals surface area contributed by atoms with Crippen LogP contribution in [0, 0.1) is 0 Å². The third-order valence-electron chi connectivity index (χ3n) is 3.69. The van der Waals surface area contributed by atoms with E-state index in [0.717, 1.165) is 24.2 Å². The molecule has 2 rings (SSSR count). The lowest BCUT2D eigenvalue weighted by Crippen LogP contribution is -2.39. The first-order valence-electron chi connectivity index (χ1n) is 6.54. The van der Waals surface area contributed by atoms with Gasteiger partial charge in [0.1, 0.15) is 6.33 Å². The van der Waals surface area contributed by atoms with Crippen LogP contribution >= 0.6 is 0 Å². The van der Waals surface area contributed by atoms with Crippen molar-refractivity contribution in [1.29, 1.82) is 0 Å². The van der Waals surface area contributed by atoms with Crippen molar-refractivity contribution in [2.24, 2.45) is 5.73 Å². The molecule has 94 valence electrons. The monoisotopic (exact) mass is 233 g/mol. The van der Waals surface area contributed by atoms with Crippen molar-refractivity contribution < 1.29 is 0 Å². The van der Waals surface area contributed by atoms with Gasteiger partial charge in [0.05, 0.1) is 11.2 Å². The molecule has 1 aliphatic carbocycles. The minimum absolute atomic E-state index is 0.0583. The Morgan fingerprint density at radius 2 is 1.76 bits per heavy atom. The average Bonchev–Trinajstić information content (AvgIpc) is 2.29. The van der Waals surface area contributed by atoms with Gasteiger partial charge < -0.3 is 5.73 Å². The molecular weight excluding hydrogens is 210 g/mol. The summed E-state index contributed by atoms with van der Waals surface area (Å²) in [5, 5.41) is 0. The second kappa shape index (κ2) is 4.37. The van der Waals surface area contributed by atoms with Crippen LogP contribution in [0.5, 0.6) is 0 Å². The zero-order chi connectivity index (χ0) is 12.5. The molecule has 0 bridgehead atoms. The van der Waals surface area contributed by atoms with E-state index in [9.17, 15) is 0 Å². The largest absolute Gasteiger partial charge is 0.320 e. The van der Waals surface area contributed by atoms with Crippen molar-refractivity contribution in [3.63, 3.8) is 0 Å². The van der Waals surface area contributed by atoms with Crippen molar-refractivity contribution in [1.82, 2.24) is 9.97 Å². The van der Waals surface area contributed by atoms with Gasteiger partial charge >= 0.3 is 0 Å². The maximum Gasteiger partial charge on any atom is 0.116 e. The van der Waals surface area contributed by atoms with Gasteiger partial charge in [0.15, 0.2) is 0 Å². The molecule has 1 aliphatic rings. The van der Waals surface area contributed by atoms with Gasteiger partial charge in [0, 0.05) is 11.1 Å². The Balaban J connectivity index is 2.32. The molecule has 0 radical (unpaired) electrons. The van der Waals surface area contributed by atoms with E-state index in [4.69, 9.17) is 5.73 Å². The Morgan fingerprint density at radius 3 is 2.35 bits per heavy atom. The van der Waals surface area contributed by atoms with Gasteiger partial charge in [-0.15, -0.1) is 0 Å². The highest BCUT2D eigenvalue weighted by Crippen LogP contribution is 2.34. The fourth-order valence-corrected chi connectivity index (χ4v) is 2.48. The Bertz CT molecular complexity index is 387. The van der Waals surface area contributed by atoms with Crippen molar-refractivity contribution in [2.75, 3.05) is 0 Å². The van der Waals surface area contributed by atoms with E-state index < -0.39 is 0 Å². The third-order valence-corrected chi connectivity index (χ3v) is 3.69. The molecule has 1 heterocycles. The van der Waals surface area contributed by atoms with Gasteiger partial charge in [0.2, 0.25) is 0 Å². The molecule has 3 heteroatoms. The summed E-state index contributed by atoms with van der Waals surface area (Å²) in [5.41, 5.74) is 8.45. The molecule has 0 atom stereocenters. The molecule has 3 nitrogen and oxygen atoms in total. The maximum absolute atomic E-state index is 6.50. The van der Waals surface area contributed by atoms with Crippen molar-refractivity contribution >= 4 is 0 Å². The molecule has 0 unspecified atom stereocenters. The number of hydrogen-bond acceptors (Lipinski definition) is 3. The van der Waals surface area contributed by atoms with Gasteiger partial charge in [-0.1, -0.05) is 40.0 Å². The fourth-order valence-electron chi connectivity index (χ4n) is 2.48. The Hall–Kier alpha value is -0.960. The Morgan fingerprint density at radius 1 is 1.12 bits per heavy atom. The minimum Gasteiger partial charge on any atom is -0.320 e. The topological polar surface area (TPSA) is 51.8 Å². The summed E-state index contributed by atoms with van der Waals surface area (Å²) in [5.74, 6) is 0. The molecule has 0 saturated heterocycles. The molecule has 0 aromatic carbocycles. The lowest BCUT2D eigenvalue weighted by Gasteiger charge is -2.33. The van der Waals surface area contributed by atoms with Gasteiger partial charge in [-0.25, -0.2) is 9.97 Å². The smallest absolute Gasteiger partial charge is 0.116 e. The van der Waals surface area contributed by atoms with E-state index in [1.54, 1.807) is 6.33 Å². The van der Waals surface area contributed by atoms with Crippen molar-refractivity contribution in [3.05, 3.63) is 23.8 Å². The molecule has 1 fully saturated rings. The van der Waals surface area contributed by atoms with Gasteiger partial charge in [-0.3, -0.25) is 0 Å². The zero-order valence-electron chi connectivity index (χ0n) is 11.2. The summed E-state index contributed by atoms with van der Waals surface area (Å²) in [6.07, 6.45) is 7.49. The van der Waals surface area contributed by atoms with Gasteiger partial charge in [0.25, 0.3) is 0 Å². The van der Waals surface area contributed by atoms with Crippen molar-refractivity contribution in [3.8, 4) is 0 Å². The third kappa shape index (κ3) is 2.65. The van der Waals surface area contributed by atoms with Gasteiger partial charge in [-0.2, -0.15) is 0 Å². The molecule has 1 aromatic heterocycles. The first-order valence-corrected chi connectivity index (χ1v) is 6.54. The SMILES string of the molecule is CC(C)(C)c1cc(C2(N)CCCCC2)ncn1. The minimum atomic E-state index is -0.221. The van der Waals surface area contributed by atoms with Crippen LogP contribution in [0.15, 0.2) is 12.4 Å². The van der Waals surface area contributed by atoms with E-state index in [0.29, 0.717) is 0 Å². The maximum atomic E-state index is 6.50.